The summed E-state index contributed by atoms with van der Waals surface area (Å²) < 4.78 is 48.1. The summed E-state index contributed by atoms with van der Waals surface area (Å²) >= 11 is 0. The maximum atomic E-state index is 12.1. The Balaban J connectivity index is 1.40. The van der Waals surface area contributed by atoms with Crippen LogP contribution in [-0.4, -0.2) is 52.3 Å². The van der Waals surface area contributed by atoms with E-state index in [0.29, 0.717) is 48.7 Å². The zero-order chi connectivity index (χ0) is 60.2. The lowest BCUT2D eigenvalue weighted by Gasteiger charge is -2.29. The van der Waals surface area contributed by atoms with Crippen molar-refractivity contribution in [2.45, 2.75) is 156 Å². The minimum atomic E-state index is -1.80. The van der Waals surface area contributed by atoms with Crippen molar-refractivity contribution >= 4 is 51.2 Å². The third-order valence-electron chi connectivity index (χ3n) is 14.0. The Morgan fingerprint density at radius 3 is 0.707 bits per heavy atom. The molecule has 0 heterocycles. The van der Waals surface area contributed by atoms with Crippen molar-refractivity contribution < 1.29 is 56.2 Å². The van der Waals surface area contributed by atoms with Crippen LogP contribution < -0.4 is 28.7 Å². The number of carbonyl (C=O) groups excluding carboxylic acids is 4. The van der Waals surface area contributed by atoms with Gasteiger partial charge in [-0.2, -0.15) is 0 Å². The van der Waals surface area contributed by atoms with Crippen molar-refractivity contribution in [3.05, 3.63) is 166 Å². The van der Waals surface area contributed by atoms with Gasteiger partial charge in [0.05, 0.1) is 39.0 Å². The molecule has 6 rings (SSSR count). The van der Waals surface area contributed by atoms with E-state index in [4.69, 9.17) is 37.0 Å². The Bertz CT molecular complexity index is 2780. The van der Waals surface area contributed by atoms with E-state index in [2.05, 4.69) is 156 Å². The van der Waals surface area contributed by atoms with Crippen LogP contribution in [0.3, 0.4) is 0 Å². The Hall–Kier alpha value is -6.74. The minimum Gasteiger partial charge on any atom is -0.469 e. The summed E-state index contributed by atoms with van der Waals surface area (Å²) in [6, 6.07) is 40.9. The Morgan fingerprint density at radius 2 is 0.524 bits per heavy atom. The third kappa shape index (κ3) is 18.1. The number of hydrogen-bond donors (Lipinski definition) is 0. The van der Waals surface area contributed by atoms with E-state index >= 15 is 0 Å². The minimum absolute atomic E-state index is 0.265. The van der Waals surface area contributed by atoms with E-state index in [1.54, 1.807) is 0 Å². The molecule has 6 aromatic rings. The van der Waals surface area contributed by atoms with E-state index in [1.807, 2.05) is 48.5 Å². The Kier molecular flexibility index (Phi) is 22.0. The first kappa shape index (κ1) is 64.4. The van der Waals surface area contributed by atoms with Crippen molar-refractivity contribution in [3.63, 3.8) is 0 Å². The lowest BCUT2D eigenvalue weighted by molar-refractivity contribution is -0.141. The Labute approximate surface area is 489 Å². The summed E-state index contributed by atoms with van der Waals surface area (Å²) in [6.07, 6.45) is 3.19. The average Bonchev–Trinajstić information content (AvgIpc) is 3.64. The molecule has 14 heteroatoms. The molecule has 0 saturated heterocycles. The number of benzene rings is 6. The number of rotatable bonds is 23. The van der Waals surface area contributed by atoms with E-state index in [9.17, 15) is 19.2 Å². The molecule has 0 aliphatic heterocycles. The highest BCUT2D eigenvalue weighted by Crippen LogP contribution is 2.49. The number of hydrogen-bond acceptors (Lipinski definition) is 12. The molecule has 0 bridgehead atoms. The lowest BCUT2D eigenvalue weighted by atomic mass is 9.85. The van der Waals surface area contributed by atoms with Gasteiger partial charge in [0.25, 0.3) is 0 Å². The van der Waals surface area contributed by atoms with E-state index in [-0.39, 0.29) is 71.2 Å². The molecule has 0 amide bonds. The van der Waals surface area contributed by atoms with Gasteiger partial charge in [0.2, 0.25) is 0 Å². The molecule has 0 radical (unpaired) electrons. The molecule has 82 heavy (non-hydrogen) atoms. The zero-order valence-corrected chi connectivity index (χ0v) is 52.8. The predicted molar refractivity (Wildman–Crippen MR) is 329 cm³/mol. The highest BCUT2D eigenvalue weighted by molar-refractivity contribution is 7.57. The molecule has 0 atom stereocenters. The first-order valence-corrected chi connectivity index (χ1v) is 30.3. The van der Waals surface area contributed by atoms with Crippen molar-refractivity contribution in [1.82, 2.24) is 0 Å². The smallest absolute Gasteiger partial charge is 0.326 e. The fourth-order valence-corrected chi connectivity index (χ4v) is 11.8. The molecule has 0 aromatic heterocycles. The van der Waals surface area contributed by atoms with Crippen LogP contribution in [0.15, 0.2) is 121 Å². The van der Waals surface area contributed by atoms with Gasteiger partial charge in [-0.25, -0.2) is 0 Å². The van der Waals surface area contributed by atoms with Crippen LogP contribution >= 0.6 is 16.8 Å². The monoisotopic (exact) mass is 1150 g/mol. The first-order valence-electron chi connectivity index (χ1n) is 27.9. The van der Waals surface area contributed by atoms with Crippen molar-refractivity contribution in [3.8, 4) is 34.1 Å². The van der Waals surface area contributed by atoms with E-state index in [0.717, 1.165) is 66.2 Å². The maximum absolute atomic E-state index is 12.1. The second kappa shape index (κ2) is 28.0. The number of esters is 4. The largest absolute Gasteiger partial charge is 0.469 e. The molecule has 0 unspecified atom stereocenters. The molecule has 0 saturated carbocycles. The summed E-state index contributed by atoms with van der Waals surface area (Å²) in [4.78, 5) is 48.6. The maximum Gasteiger partial charge on any atom is 0.326 e. The van der Waals surface area contributed by atoms with Gasteiger partial charge >= 0.3 is 40.6 Å². The summed E-state index contributed by atoms with van der Waals surface area (Å²) in [5.74, 6) is 1.67. The fraction of sp³-hybridized carbons (Fsp3) is 0.412. The van der Waals surface area contributed by atoms with Gasteiger partial charge in [0.1, 0.15) is 23.0 Å². The molecular formula is C68H84O12P2. The molecule has 0 aliphatic rings. The first-order chi connectivity index (χ1) is 38.6. The number of aryl methyl sites for hydroxylation is 4. The number of ether oxygens (including phenoxy) is 4. The van der Waals surface area contributed by atoms with Crippen LogP contribution in [0.25, 0.3) is 11.1 Å². The van der Waals surface area contributed by atoms with E-state index < -0.39 is 16.8 Å². The van der Waals surface area contributed by atoms with Crippen molar-refractivity contribution in [2.24, 2.45) is 0 Å². The van der Waals surface area contributed by atoms with Gasteiger partial charge in [-0.1, -0.05) is 156 Å². The molecular weight excluding hydrogens is 1070 g/mol. The fourth-order valence-electron chi connectivity index (χ4n) is 9.14. The lowest BCUT2D eigenvalue weighted by Crippen LogP contribution is -2.18. The number of carbonyl (C=O) groups is 4. The zero-order valence-electron chi connectivity index (χ0n) is 51.0. The van der Waals surface area contributed by atoms with E-state index in [1.165, 1.54) is 28.4 Å². The molecule has 6 aromatic carbocycles. The predicted octanol–water partition coefficient (Wildman–Crippen LogP) is 15.2. The van der Waals surface area contributed by atoms with Crippen LogP contribution in [-0.2, 0) is 85.5 Å². The standard InChI is InChI=1S/C68H84O12P2/c1-65(2,3)53-41-45(21-37-61(69)73-13)17-33-57(53)77-81(78-58-34-18-46(22-38-62(70)74-14)42-54(58)66(4,5)6)51-29-25-49(26-30-51)50-27-31-52(32-28-50)82(79-59-35-19-47(23-39-63(71)75-15)43-55(59)67(7,8)9)80-60-36-20-48(24-40-64(72)76-16)44-56(60)68(10,11)12/h17-20,25-36,41-44H,21-24,37-40H2,1-16H3. The summed E-state index contributed by atoms with van der Waals surface area (Å²) in [7, 11) is 2.01. The molecule has 438 valence electrons. The molecule has 0 aliphatic carbocycles. The van der Waals surface area contributed by atoms with Crippen LogP contribution in [0.2, 0.25) is 0 Å². The summed E-state index contributed by atoms with van der Waals surface area (Å²) in [5, 5.41) is 1.70. The Morgan fingerprint density at radius 1 is 0.317 bits per heavy atom. The average molecular weight is 1160 g/mol. The summed E-state index contributed by atoms with van der Waals surface area (Å²) in [6.45, 7) is 25.7. The van der Waals surface area contributed by atoms with Crippen LogP contribution in [0.1, 0.15) is 153 Å². The van der Waals surface area contributed by atoms with Gasteiger partial charge in [-0.15, -0.1) is 0 Å². The topological polar surface area (TPSA) is 142 Å². The van der Waals surface area contributed by atoms with Gasteiger partial charge in [0, 0.05) is 47.9 Å². The van der Waals surface area contributed by atoms with Gasteiger partial charge in [0.15, 0.2) is 0 Å². The molecule has 0 fully saturated rings. The molecule has 0 spiro atoms. The highest BCUT2D eigenvalue weighted by atomic mass is 31.2. The third-order valence-corrected chi connectivity index (χ3v) is 16.9. The normalized spacial score (nSPS) is 12.0. The number of methoxy groups -OCH3 is 4. The molecule has 0 N–H and O–H groups in total. The quantitative estimate of drug-likeness (QED) is 0.0342. The second-order valence-corrected chi connectivity index (χ2v) is 27.4. The van der Waals surface area contributed by atoms with Crippen molar-refractivity contribution in [1.29, 1.82) is 0 Å². The van der Waals surface area contributed by atoms with Crippen LogP contribution in [0.5, 0.6) is 23.0 Å². The second-order valence-electron chi connectivity index (χ2n) is 24.6. The summed E-state index contributed by atoms with van der Waals surface area (Å²) in [5.41, 5.74) is 8.60. The SMILES string of the molecule is COC(=O)CCc1ccc(OP(Oc2ccc(CCC(=O)OC)cc2C(C)(C)C)c2ccc(-c3ccc(P(Oc4ccc(CCC(=O)OC)cc4C(C)(C)C)Oc4ccc(CCC(=O)OC)cc4C(C)(C)C)cc3)cc2)c(C(C)(C)C)c1. The van der Waals surface area contributed by atoms with Crippen LogP contribution in [0.4, 0.5) is 0 Å². The highest BCUT2D eigenvalue weighted by Gasteiger charge is 2.31. The van der Waals surface area contributed by atoms with Crippen LogP contribution in [0, 0.1) is 0 Å². The molecule has 12 nitrogen and oxygen atoms in total. The van der Waals surface area contributed by atoms with Gasteiger partial charge in [-0.05, 0) is 129 Å². The van der Waals surface area contributed by atoms with Gasteiger partial charge in [-0.3, -0.25) is 19.2 Å². The van der Waals surface area contributed by atoms with Gasteiger partial charge < -0.3 is 37.0 Å². The van der Waals surface area contributed by atoms with Crippen molar-refractivity contribution in [2.75, 3.05) is 28.4 Å².